The highest BCUT2D eigenvalue weighted by atomic mass is 19.1. The first-order valence-electron chi connectivity index (χ1n) is 6.47. The number of aliphatic carboxylic acids is 1. The molecule has 0 aromatic heterocycles. The summed E-state index contributed by atoms with van der Waals surface area (Å²) in [5.74, 6) is -0.988. The van der Waals surface area contributed by atoms with E-state index in [0.717, 1.165) is 18.5 Å². The fraction of sp³-hybridized carbons (Fsp3) is 0.533. The van der Waals surface area contributed by atoms with Gasteiger partial charge < -0.3 is 10.0 Å². The lowest BCUT2D eigenvalue weighted by molar-refractivity contribution is -0.147. The lowest BCUT2D eigenvalue weighted by atomic mass is 9.89. The van der Waals surface area contributed by atoms with E-state index in [-0.39, 0.29) is 5.82 Å². The molecule has 1 aromatic carbocycles. The Morgan fingerprint density at radius 2 is 2.05 bits per heavy atom. The zero-order chi connectivity index (χ0) is 14.5. The summed E-state index contributed by atoms with van der Waals surface area (Å²) < 4.78 is 13.0. The number of nitrogens with zero attached hydrogens (tertiary/aromatic N) is 1. The van der Waals surface area contributed by atoms with Crippen LogP contribution in [-0.2, 0) is 11.2 Å². The van der Waals surface area contributed by atoms with E-state index < -0.39 is 11.4 Å². The van der Waals surface area contributed by atoms with Crippen LogP contribution in [0.1, 0.15) is 25.8 Å². The summed E-state index contributed by atoms with van der Waals surface area (Å²) in [4.78, 5) is 13.1. The van der Waals surface area contributed by atoms with Gasteiger partial charge in [0, 0.05) is 6.54 Å². The van der Waals surface area contributed by atoms with Gasteiger partial charge >= 0.3 is 5.97 Å². The number of halogens is 1. The Bertz CT molecular complexity index is 432. The van der Waals surface area contributed by atoms with E-state index in [1.165, 1.54) is 12.1 Å². The molecule has 0 aliphatic heterocycles. The lowest BCUT2D eigenvalue weighted by Crippen LogP contribution is -2.31. The second-order valence-electron chi connectivity index (χ2n) is 5.62. The van der Waals surface area contributed by atoms with Gasteiger partial charge in [-0.1, -0.05) is 12.1 Å². The molecule has 0 radical (unpaired) electrons. The van der Waals surface area contributed by atoms with Gasteiger partial charge in [0.2, 0.25) is 0 Å². The van der Waals surface area contributed by atoms with Crippen LogP contribution in [0, 0.1) is 11.2 Å². The van der Waals surface area contributed by atoms with E-state index in [1.807, 2.05) is 13.1 Å². The zero-order valence-electron chi connectivity index (χ0n) is 11.8. The minimum Gasteiger partial charge on any atom is -0.481 e. The third-order valence-corrected chi connectivity index (χ3v) is 3.37. The predicted molar refractivity (Wildman–Crippen MR) is 73.6 cm³/mol. The summed E-state index contributed by atoms with van der Waals surface area (Å²) in [6.45, 7) is 4.97. The minimum atomic E-state index is -0.772. The van der Waals surface area contributed by atoms with Crippen LogP contribution in [0.5, 0.6) is 0 Å². The van der Waals surface area contributed by atoms with Gasteiger partial charge in [0.1, 0.15) is 5.82 Å². The summed E-state index contributed by atoms with van der Waals surface area (Å²) in [6.07, 6.45) is 1.36. The highest BCUT2D eigenvalue weighted by molar-refractivity contribution is 5.73. The molecule has 0 heterocycles. The molecule has 1 N–H and O–H groups in total. The number of carboxylic acid groups (broad SMARTS) is 1. The van der Waals surface area contributed by atoms with Crippen molar-refractivity contribution in [2.75, 3.05) is 20.1 Å². The van der Waals surface area contributed by atoms with Crippen LogP contribution in [0.2, 0.25) is 0 Å². The van der Waals surface area contributed by atoms with E-state index >= 15 is 0 Å². The maximum atomic E-state index is 13.0. The first-order chi connectivity index (χ1) is 8.81. The van der Waals surface area contributed by atoms with Crippen molar-refractivity contribution >= 4 is 5.97 Å². The second kappa shape index (κ2) is 6.66. The Morgan fingerprint density at radius 1 is 1.37 bits per heavy atom. The topological polar surface area (TPSA) is 40.5 Å². The number of carboxylic acids is 1. The third-order valence-electron chi connectivity index (χ3n) is 3.37. The van der Waals surface area contributed by atoms with Gasteiger partial charge in [-0.05, 0) is 58.0 Å². The molecule has 0 saturated heterocycles. The van der Waals surface area contributed by atoms with Gasteiger partial charge in [-0.3, -0.25) is 4.79 Å². The van der Waals surface area contributed by atoms with Crippen molar-refractivity contribution in [3.05, 3.63) is 35.6 Å². The lowest BCUT2D eigenvalue weighted by Gasteiger charge is -2.23. The molecule has 3 nitrogen and oxygen atoms in total. The second-order valence-corrected chi connectivity index (χ2v) is 5.62. The molecule has 0 fully saturated rings. The van der Waals surface area contributed by atoms with Crippen LogP contribution >= 0.6 is 0 Å². The summed E-state index contributed by atoms with van der Waals surface area (Å²) in [7, 11) is 1.96. The van der Waals surface area contributed by atoms with E-state index in [9.17, 15) is 9.18 Å². The molecule has 19 heavy (non-hydrogen) atoms. The number of hydrogen-bond donors (Lipinski definition) is 1. The highest BCUT2D eigenvalue weighted by Gasteiger charge is 2.26. The number of hydrogen-bond acceptors (Lipinski definition) is 2. The van der Waals surface area contributed by atoms with Crippen molar-refractivity contribution < 1.29 is 14.3 Å². The van der Waals surface area contributed by atoms with Crippen LogP contribution in [0.3, 0.4) is 0 Å². The average Bonchev–Trinajstić information content (AvgIpc) is 2.34. The molecular formula is C15H22FNO2. The Morgan fingerprint density at radius 3 is 2.63 bits per heavy atom. The Kier molecular flexibility index (Phi) is 5.48. The molecule has 1 aromatic rings. The molecular weight excluding hydrogens is 245 g/mol. The number of likely N-dealkylation sites (N-methyl/N-ethyl adjacent to an activating group) is 1. The quantitative estimate of drug-likeness (QED) is 0.826. The van der Waals surface area contributed by atoms with Crippen LogP contribution in [0.4, 0.5) is 4.39 Å². The van der Waals surface area contributed by atoms with Crippen molar-refractivity contribution in [3.63, 3.8) is 0 Å². The van der Waals surface area contributed by atoms with Crippen molar-refractivity contribution in [1.82, 2.24) is 4.90 Å². The summed E-state index contributed by atoms with van der Waals surface area (Å²) in [5, 5.41) is 9.03. The van der Waals surface area contributed by atoms with Crippen LogP contribution < -0.4 is 0 Å². The third kappa shape index (κ3) is 5.39. The summed E-state index contributed by atoms with van der Waals surface area (Å²) in [5.41, 5.74) is 0.261. The molecule has 0 atom stereocenters. The molecule has 106 valence electrons. The van der Waals surface area contributed by atoms with Crippen LogP contribution in [0.25, 0.3) is 0 Å². The van der Waals surface area contributed by atoms with Gasteiger partial charge in [-0.2, -0.15) is 0 Å². The fourth-order valence-electron chi connectivity index (χ4n) is 1.70. The molecule has 0 saturated carbocycles. The average molecular weight is 267 g/mol. The van der Waals surface area contributed by atoms with E-state index in [1.54, 1.807) is 19.9 Å². The van der Waals surface area contributed by atoms with Gasteiger partial charge in [0.15, 0.2) is 0 Å². The van der Waals surface area contributed by atoms with Gasteiger partial charge in [0.25, 0.3) is 0 Å². The first-order valence-corrected chi connectivity index (χ1v) is 6.47. The van der Waals surface area contributed by atoms with Crippen molar-refractivity contribution in [2.24, 2.45) is 5.41 Å². The van der Waals surface area contributed by atoms with E-state index in [0.29, 0.717) is 13.0 Å². The normalized spacial score (nSPS) is 11.8. The Balaban J connectivity index is 2.36. The zero-order valence-corrected chi connectivity index (χ0v) is 11.8. The standard InChI is InChI=1S/C15H22FNO2/c1-15(2,14(18)19)8-10-17(3)9-7-12-5-4-6-13(16)11-12/h4-6,11H,7-10H2,1-3H3,(H,18,19). The largest absolute Gasteiger partial charge is 0.481 e. The van der Waals surface area contributed by atoms with Gasteiger partial charge in [0.05, 0.1) is 5.41 Å². The van der Waals surface area contributed by atoms with E-state index in [2.05, 4.69) is 4.90 Å². The summed E-state index contributed by atoms with van der Waals surface area (Å²) in [6, 6.07) is 6.58. The van der Waals surface area contributed by atoms with Crippen molar-refractivity contribution in [1.29, 1.82) is 0 Å². The fourth-order valence-corrected chi connectivity index (χ4v) is 1.70. The molecule has 0 unspecified atom stereocenters. The molecule has 4 heteroatoms. The monoisotopic (exact) mass is 267 g/mol. The molecule has 0 spiro atoms. The number of carbonyl (C=O) groups is 1. The molecule has 0 amide bonds. The molecule has 0 aliphatic rings. The number of benzene rings is 1. The SMILES string of the molecule is CN(CCc1cccc(F)c1)CCC(C)(C)C(=O)O. The molecule has 0 aliphatic carbocycles. The van der Waals surface area contributed by atoms with Gasteiger partial charge in [-0.15, -0.1) is 0 Å². The van der Waals surface area contributed by atoms with Crippen LogP contribution in [-0.4, -0.2) is 36.1 Å². The smallest absolute Gasteiger partial charge is 0.309 e. The number of rotatable bonds is 7. The first kappa shape index (κ1) is 15.6. The highest BCUT2D eigenvalue weighted by Crippen LogP contribution is 2.20. The Hall–Kier alpha value is -1.42. The van der Waals surface area contributed by atoms with Crippen molar-refractivity contribution in [3.8, 4) is 0 Å². The Labute approximate surface area is 114 Å². The van der Waals surface area contributed by atoms with Crippen LogP contribution in [0.15, 0.2) is 24.3 Å². The molecule has 1 rings (SSSR count). The van der Waals surface area contributed by atoms with Crippen molar-refractivity contribution in [2.45, 2.75) is 26.7 Å². The maximum absolute atomic E-state index is 13.0. The molecule has 0 bridgehead atoms. The summed E-state index contributed by atoms with van der Waals surface area (Å²) >= 11 is 0. The minimum absolute atomic E-state index is 0.216. The van der Waals surface area contributed by atoms with E-state index in [4.69, 9.17) is 5.11 Å². The maximum Gasteiger partial charge on any atom is 0.309 e. The van der Waals surface area contributed by atoms with Gasteiger partial charge in [-0.25, -0.2) is 4.39 Å². The predicted octanol–water partition coefficient (Wildman–Crippen LogP) is 2.80.